The third-order valence-electron chi connectivity index (χ3n) is 5.39. The minimum atomic E-state index is -0.112. The minimum Gasteiger partial charge on any atom is -0.379 e. The summed E-state index contributed by atoms with van der Waals surface area (Å²) >= 11 is 1.49. The molecule has 1 aliphatic heterocycles. The van der Waals surface area contributed by atoms with Crippen LogP contribution in [0.2, 0.25) is 0 Å². The normalized spacial score (nSPS) is 16.3. The average molecular weight is 444 g/mol. The number of ether oxygens (including phenoxy) is 1. The van der Waals surface area contributed by atoms with Crippen molar-refractivity contribution in [3.8, 4) is 0 Å². The van der Waals surface area contributed by atoms with Crippen molar-refractivity contribution in [2.24, 2.45) is 0 Å². The molecule has 0 bridgehead atoms. The predicted molar refractivity (Wildman–Crippen MR) is 121 cm³/mol. The molecule has 1 aliphatic rings. The number of aromatic nitrogens is 4. The van der Waals surface area contributed by atoms with Crippen LogP contribution in [-0.2, 0) is 11.3 Å². The van der Waals surface area contributed by atoms with Gasteiger partial charge in [-0.05, 0) is 25.5 Å². The first-order valence-corrected chi connectivity index (χ1v) is 11.7. The number of morpholine rings is 1. The highest BCUT2D eigenvalue weighted by atomic mass is 32.2. The molecule has 2 aromatic heterocycles. The Kier molecular flexibility index (Phi) is 7.04. The molecule has 0 unspecified atom stereocenters. The Hall–Kier alpha value is -2.23. The van der Waals surface area contributed by atoms with Gasteiger partial charge in [0.1, 0.15) is 0 Å². The molecule has 4 rings (SSSR count). The van der Waals surface area contributed by atoms with E-state index < -0.39 is 0 Å². The van der Waals surface area contributed by atoms with Gasteiger partial charge in [-0.3, -0.25) is 14.3 Å². The lowest BCUT2D eigenvalue weighted by atomic mass is 10.2. The third kappa shape index (κ3) is 5.16. The maximum atomic E-state index is 13.3. The van der Waals surface area contributed by atoms with Gasteiger partial charge in [0.05, 0.1) is 29.4 Å². The highest BCUT2D eigenvalue weighted by Crippen LogP contribution is 2.33. The van der Waals surface area contributed by atoms with Crippen molar-refractivity contribution in [1.29, 1.82) is 0 Å². The molecule has 8 nitrogen and oxygen atoms in total. The summed E-state index contributed by atoms with van der Waals surface area (Å²) in [7, 11) is 0. The number of nitrogens with zero attached hydrogens (tertiary/aromatic N) is 5. The maximum Gasteiger partial charge on any atom is 0.262 e. The fourth-order valence-electron chi connectivity index (χ4n) is 3.57. The second kappa shape index (κ2) is 9.93. The molecule has 166 valence electrons. The maximum absolute atomic E-state index is 13.3. The van der Waals surface area contributed by atoms with E-state index in [-0.39, 0.29) is 16.7 Å². The first-order chi connectivity index (χ1) is 15.0. The zero-order valence-electron chi connectivity index (χ0n) is 18.3. The summed E-state index contributed by atoms with van der Waals surface area (Å²) in [4.78, 5) is 25.0. The van der Waals surface area contributed by atoms with Gasteiger partial charge < -0.3 is 9.26 Å². The van der Waals surface area contributed by atoms with Crippen LogP contribution in [0.1, 0.15) is 50.1 Å². The van der Waals surface area contributed by atoms with Gasteiger partial charge in [0, 0.05) is 32.1 Å². The molecule has 3 heterocycles. The number of thioether (sulfide) groups is 1. The Morgan fingerprint density at radius 2 is 1.87 bits per heavy atom. The topological polar surface area (TPSA) is 86.3 Å². The van der Waals surface area contributed by atoms with E-state index in [4.69, 9.17) is 14.2 Å². The number of fused-ring (bicyclic) bond motifs is 1. The van der Waals surface area contributed by atoms with Crippen LogP contribution >= 0.6 is 11.8 Å². The molecule has 31 heavy (non-hydrogen) atoms. The van der Waals surface area contributed by atoms with E-state index >= 15 is 0 Å². The summed E-state index contributed by atoms with van der Waals surface area (Å²) in [6.45, 7) is 11.1. The molecule has 0 spiro atoms. The van der Waals surface area contributed by atoms with Crippen LogP contribution in [0.5, 0.6) is 0 Å². The molecule has 0 amide bonds. The summed E-state index contributed by atoms with van der Waals surface area (Å²) in [6.07, 6.45) is 0.875. The van der Waals surface area contributed by atoms with E-state index in [1.54, 1.807) is 4.57 Å². The van der Waals surface area contributed by atoms with Crippen LogP contribution in [0.25, 0.3) is 10.9 Å². The number of hydrogen-bond donors (Lipinski definition) is 0. The van der Waals surface area contributed by atoms with E-state index in [2.05, 4.69) is 15.0 Å². The lowest BCUT2D eigenvalue weighted by Gasteiger charge is -2.26. The van der Waals surface area contributed by atoms with Gasteiger partial charge >= 0.3 is 0 Å². The van der Waals surface area contributed by atoms with E-state index in [0.29, 0.717) is 34.3 Å². The van der Waals surface area contributed by atoms with Crippen molar-refractivity contribution in [3.05, 3.63) is 46.3 Å². The third-order valence-corrected chi connectivity index (χ3v) is 6.47. The summed E-state index contributed by atoms with van der Waals surface area (Å²) < 4.78 is 12.7. The monoisotopic (exact) mass is 443 g/mol. The second-order valence-corrected chi connectivity index (χ2v) is 9.39. The average Bonchev–Trinajstić information content (AvgIpc) is 3.28. The Bertz CT molecular complexity index is 1070. The number of para-hydroxylation sites is 1. The Labute approximate surface area is 186 Å². The molecule has 1 fully saturated rings. The van der Waals surface area contributed by atoms with Gasteiger partial charge in [-0.25, -0.2) is 4.98 Å². The Morgan fingerprint density at radius 3 is 2.61 bits per heavy atom. The molecule has 0 radical (unpaired) electrons. The van der Waals surface area contributed by atoms with Crippen LogP contribution in [0.3, 0.4) is 0 Å². The fraction of sp³-hybridized carbons (Fsp3) is 0.545. The number of benzene rings is 1. The molecule has 0 N–H and O–H groups in total. The summed E-state index contributed by atoms with van der Waals surface area (Å²) in [6, 6.07) is 7.51. The van der Waals surface area contributed by atoms with Crippen LogP contribution in [0.15, 0.2) is 38.7 Å². The van der Waals surface area contributed by atoms with Gasteiger partial charge in [0.25, 0.3) is 5.56 Å². The quantitative estimate of drug-likeness (QED) is 0.386. The summed E-state index contributed by atoms with van der Waals surface area (Å²) in [5.41, 5.74) is 0.704. The molecule has 1 aromatic carbocycles. The van der Waals surface area contributed by atoms with Crippen molar-refractivity contribution in [2.45, 2.75) is 50.1 Å². The highest BCUT2D eigenvalue weighted by molar-refractivity contribution is 7.99. The van der Waals surface area contributed by atoms with Crippen LogP contribution in [0.4, 0.5) is 0 Å². The van der Waals surface area contributed by atoms with Crippen molar-refractivity contribution >= 4 is 22.7 Å². The minimum absolute atomic E-state index is 0.00400. The first kappa shape index (κ1) is 22.0. The predicted octanol–water partition coefficient (Wildman–Crippen LogP) is 3.48. The molecular formula is C22H29N5O3S. The van der Waals surface area contributed by atoms with Gasteiger partial charge in [-0.1, -0.05) is 42.9 Å². The molecule has 1 atom stereocenters. The van der Waals surface area contributed by atoms with E-state index in [9.17, 15) is 4.79 Å². The highest BCUT2D eigenvalue weighted by Gasteiger charge is 2.21. The molecular weight excluding hydrogens is 414 g/mol. The number of rotatable bonds is 8. The largest absolute Gasteiger partial charge is 0.379 e. The van der Waals surface area contributed by atoms with E-state index in [1.807, 2.05) is 45.0 Å². The van der Waals surface area contributed by atoms with E-state index in [1.165, 1.54) is 11.8 Å². The lowest BCUT2D eigenvalue weighted by molar-refractivity contribution is 0.0368. The van der Waals surface area contributed by atoms with Crippen molar-refractivity contribution in [2.75, 3.05) is 32.8 Å². The zero-order valence-corrected chi connectivity index (χ0v) is 19.1. The van der Waals surface area contributed by atoms with Gasteiger partial charge in [0.15, 0.2) is 11.0 Å². The number of hydrogen-bond acceptors (Lipinski definition) is 8. The smallest absolute Gasteiger partial charge is 0.262 e. The molecule has 9 heteroatoms. The van der Waals surface area contributed by atoms with Crippen molar-refractivity contribution < 1.29 is 9.26 Å². The molecule has 0 saturated carbocycles. The Morgan fingerprint density at radius 1 is 1.10 bits per heavy atom. The molecule has 1 saturated heterocycles. The van der Waals surface area contributed by atoms with Crippen molar-refractivity contribution in [1.82, 2.24) is 24.6 Å². The lowest BCUT2D eigenvalue weighted by Crippen LogP contribution is -2.37. The SMILES string of the molecule is CC(C)c1noc([C@H](C)Sc2nc3ccccc3c(=O)n2CCCN2CCOCC2)n1. The van der Waals surface area contributed by atoms with E-state index in [0.717, 1.165) is 39.3 Å². The molecule has 0 aliphatic carbocycles. The summed E-state index contributed by atoms with van der Waals surface area (Å²) in [5.74, 6) is 1.44. The van der Waals surface area contributed by atoms with Crippen LogP contribution in [-0.4, -0.2) is 57.4 Å². The van der Waals surface area contributed by atoms with Gasteiger partial charge in [0.2, 0.25) is 5.89 Å². The summed E-state index contributed by atoms with van der Waals surface area (Å²) in [5, 5.41) is 5.28. The second-order valence-electron chi connectivity index (χ2n) is 8.08. The zero-order chi connectivity index (χ0) is 21.8. The molecule has 3 aromatic rings. The van der Waals surface area contributed by atoms with Gasteiger partial charge in [-0.15, -0.1) is 0 Å². The Balaban J connectivity index is 1.57. The standard InChI is InChI=1S/C22H29N5O3S/c1-15(2)19-24-20(30-25-19)16(3)31-22-23-18-8-5-4-7-17(18)21(28)27(22)10-6-9-26-11-13-29-14-12-26/h4-5,7-8,15-16H,6,9-14H2,1-3H3/t16-/m0/s1. The van der Waals surface area contributed by atoms with Crippen molar-refractivity contribution in [3.63, 3.8) is 0 Å². The van der Waals surface area contributed by atoms with Gasteiger partial charge in [-0.2, -0.15) is 4.98 Å². The fourth-order valence-corrected chi connectivity index (χ4v) is 4.53. The first-order valence-electron chi connectivity index (χ1n) is 10.8. The van der Waals surface area contributed by atoms with Crippen LogP contribution in [0, 0.1) is 0 Å². The van der Waals surface area contributed by atoms with Crippen LogP contribution < -0.4 is 5.56 Å².